The third-order valence-corrected chi connectivity index (χ3v) is 3.38. The smallest absolute Gasteiger partial charge is 0.166 e. The number of halogens is 3. The molecule has 0 amide bonds. The summed E-state index contributed by atoms with van der Waals surface area (Å²) in [4.78, 5) is 0. The molecule has 1 fully saturated rings. The van der Waals surface area contributed by atoms with Crippen LogP contribution in [-0.2, 0) is 12.6 Å². The summed E-state index contributed by atoms with van der Waals surface area (Å²) in [5.74, 6) is 0.127. The van der Waals surface area contributed by atoms with Crippen LogP contribution in [0.5, 0.6) is 0 Å². The zero-order valence-corrected chi connectivity index (χ0v) is 9.27. The molecule has 0 radical (unpaired) electrons. The SMILES string of the molecule is CCc1ccc(C2CCC2)c(C(F)(F)F)c1. The molecule has 0 bridgehead atoms. The summed E-state index contributed by atoms with van der Waals surface area (Å²) in [5.41, 5.74) is 0.836. The monoisotopic (exact) mass is 228 g/mol. The fraction of sp³-hybridized carbons (Fsp3) is 0.538. The van der Waals surface area contributed by atoms with E-state index >= 15 is 0 Å². The topological polar surface area (TPSA) is 0 Å². The molecular weight excluding hydrogens is 213 g/mol. The summed E-state index contributed by atoms with van der Waals surface area (Å²) in [6.45, 7) is 1.87. The van der Waals surface area contributed by atoms with Crippen molar-refractivity contribution in [2.24, 2.45) is 0 Å². The third kappa shape index (κ3) is 2.08. The second-order valence-electron chi connectivity index (χ2n) is 4.40. The van der Waals surface area contributed by atoms with Crippen LogP contribution >= 0.6 is 0 Å². The molecule has 0 heterocycles. The lowest BCUT2D eigenvalue weighted by molar-refractivity contribution is -0.138. The van der Waals surface area contributed by atoms with Crippen molar-refractivity contribution in [3.05, 3.63) is 34.9 Å². The minimum Gasteiger partial charge on any atom is -0.166 e. The molecule has 2 rings (SSSR count). The molecule has 0 nitrogen and oxygen atoms in total. The standard InChI is InChI=1S/C13H15F3/c1-2-9-6-7-11(10-4-3-5-10)12(8-9)13(14,15)16/h6-8,10H,2-5H2,1H3. The maximum absolute atomic E-state index is 12.9. The van der Waals surface area contributed by atoms with Crippen LogP contribution in [0.15, 0.2) is 18.2 Å². The van der Waals surface area contributed by atoms with Crippen molar-refractivity contribution in [2.75, 3.05) is 0 Å². The van der Waals surface area contributed by atoms with Gasteiger partial charge in [0.25, 0.3) is 0 Å². The van der Waals surface area contributed by atoms with Gasteiger partial charge in [-0.2, -0.15) is 13.2 Å². The van der Waals surface area contributed by atoms with Gasteiger partial charge in [-0.05, 0) is 42.4 Å². The van der Waals surface area contributed by atoms with E-state index in [1.165, 1.54) is 6.07 Å². The van der Waals surface area contributed by atoms with Crippen molar-refractivity contribution in [1.29, 1.82) is 0 Å². The van der Waals surface area contributed by atoms with Crippen molar-refractivity contribution >= 4 is 0 Å². The van der Waals surface area contributed by atoms with Gasteiger partial charge < -0.3 is 0 Å². The van der Waals surface area contributed by atoms with Gasteiger partial charge in [-0.25, -0.2) is 0 Å². The lowest BCUT2D eigenvalue weighted by Gasteiger charge is -2.28. The van der Waals surface area contributed by atoms with Crippen LogP contribution in [0.1, 0.15) is 48.8 Å². The molecule has 88 valence electrons. The van der Waals surface area contributed by atoms with Gasteiger partial charge >= 0.3 is 6.18 Å². The van der Waals surface area contributed by atoms with Gasteiger partial charge in [0.2, 0.25) is 0 Å². The molecule has 0 aromatic heterocycles. The molecule has 1 saturated carbocycles. The van der Waals surface area contributed by atoms with Gasteiger partial charge in [0.05, 0.1) is 5.56 Å². The quantitative estimate of drug-likeness (QED) is 0.697. The Balaban J connectivity index is 2.42. The van der Waals surface area contributed by atoms with E-state index in [2.05, 4.69) is 0 Å². The molecule has 1 aliphatic rings. The maximum Gasteiger partial charge on any atom is 0.416 e. The van der Waals surface area contributed by atoms with Crippen molar-refractivity contribution < 1.29 is 13.2 Å². The minimum atomic E-state index is -4.21. The lowest BCUT2D eigenvalue weighted by Crippen LogP contribution is -2.16. The van der Waals surface area contributed by atoms with Gasteiger partial charge in [-0.3, -0.25) is 0 Å². The first kappa shape index (κ1) is 11.5. The first-order chi connectivity index (χ1) is 7.52. The van der Waals surface area contributed by atoms with E-state index < -0.39 is 11.7 Å². The normalized spacial score (nSPS) is 17.2. The zero-order valence-electron chi connectivity index (χ0n) is 9.27. The molecular formula is C13H15F3. The van der Waals surface area contributed by atoms with E-state index in [1.54, 1.807) is 6.07 Å². The highest BCUT2D eigenvalue weighted by atomic mass is 19.4. The van der Waals surface area contributed by atoms with Crippen molar-refractivity contribution in [3.63, 3.8) is 0 Å². The highest BCUT2D eigenvalue weighted by Crippen LogP contribution is 2.43. The second-order valence-corrected chi connectivity index (χ2v) is 4.40. The van der Waals surface area contributed by atoms with Crippen LogP contribution in [0.3, 0.4) is 0 Å². The predicted molar refractivity (Wildman–Crippen MR) is 57.4 cm³/mol. The first-order valence-electron chi connectivity index (χ1n) is 5.72. The lowest BCUT2D eigenvalue weighted by atomic mass is 9.77. The summed E-state index contributed by atoms with van der Waals surface area (Å²) in [6, 6.07) is 4.81. The molecule has 16 heavy (non-hydrogen) atoms. The molecule has 3 heteroatoms. The Morgan fingerprint density at radius 2 is 1.94 bits per heavy atom. The van der Waals surface area contributed by atoms with Gasteiger partial charge in [0.1, 0.15) is 0 Å². The van der Waals surface area contributed by atoms with Crippen molar-refractivity contribution in [3.8, 4) is 0 Å². The average molecular weight is 228 g/mol. The number of benzene rings is 1. The molecule has 0 unspecified atom stereocenters. The summed E-state index contributed by atoms with van der Waals surface area (Å²) in [6.07, 6.45) is -0.718. The molecule has 0 aliphatic heterocycles. The Labute approximate surface area is 93.5 Å². The Morgan fingerprint density at radius 1 is 1.25 bits per heavy atom. The molecule has 0 atom stereocenters. The van der Waals surface area contributed by atoms with Crippen LogP contribution in [0, 0.1) is 0 Å². The van der Waals surface area contributed by atoms with Crippen LogP contribution in [0.4, 0.5) is 13.2 Å². The van der Waals surface area contributed by atoms with E-state index in [4.69, 9.17) is 0 Å². The van der Waals surface area contributed by atoms with Crippen molar-refractivity contribution in [2.45, 2.75) is 44.7 Å². The second kappa shape index (κ2) is 4.11. The van der Waals surface area contributed by atoms with Gasteiger partial charge in [-0.1, -0.05) is 25.5 Å². The maximum atomic E-state index is 12.9. The molecule has 0 N–H and O–H groups in total. The van der Waals surface area contributed by atoms with Crippen LogP contribution in [0.2, 0.25) is 0 Å². The number of hydrogen-bond acceptors (Lipinski definition) is 0. The fourth-order valence-electron chi connectivity index (χ4n) is 2.14. The summed E-state index contributed by atoms with van der Waals surface area (Å²) in [7, 11) is 0. The molecule has 1 aliphatic carbocycles. The summed E-state index contributed by atoms with van der Waals surface area (Å²) < 4.78 is 38.7. The zero-order chi connectivity index (χ0) is 11.8. The van der Waals surface area contributed by atoms with E-state index in [0.29, 0.717) is 12.0 Å². The van der Waals surface area contributed by atoms with Crippen molar-refractivity contribution in [1.82, 2.24) is 0 Å². The average Bonchev–Trinajstić information content (AvgIpc) is 2.14. The Morgan fingerprint density at radius 3 is 2.38 bits per heavy atom. The Kier molecular flexibility index (Phi) is 2.96. The van der Waals surface area contributed by atoms with Gasteiger partial charge in [0, 0.05) is 0 Å². The Hall–Kier alpha value is -0.990. The fourth-order valence-corrected chi connectivity index (χ4v) is 2.14. The van der Waals surface area contributed by atoms with E-state index in [0.717, 1.165) is 24.8 Å². The molecule has 1 aromatic rings. The van der Waals surface area contributed by atoms with E-state index in [9.17, 15) is 13.2 Å². The van der Waals surface area contributed by atoms with Crippen LogP contribution < -0.4 is 0 Å². The largest absolute Gasteiger partial charge is 0.416 e. The third-order valence-electron chi connectivity index (χ3n) is 3.38. The summed E-state index contributed by atoms with van der Waals surface area (Å²) >= 11 is 0. The summed E-state index contributed by atoms with van der Waals surface area (Å²) in [5, 5.41) is 0. The number of hydrogen-bond donors (Lipinski definition) is 0. The minimum absolute atomic E-state index is 0.127. The van der Waals surface area contributed by atoms with Crippen LogP contribution in [-0.4, -0.2) is 0 Å². The van der Waals surface area contributed by atoms with Crippen LogP contribution in [0.25, 0.3) is 0 Å². The Bertz CT molecular complexity index is 375. The number of aryl methyl sites for hydroxylation is 1. The number of alkyl halides is 3. The highest BCUT2D eigenvalue weighted by Gasteiger charge is 2.36. The van der Waals surface area contributed by atoms with E-state index in [1.807, 2.05) is 13.0 Å². The molecule has 0 saturated heterocycles. The van der Waals surface area contributed by atoms with Gasteiger partial charge in [-0.15, -0.1) is 0 Å². The molecule has 0 spiro atoms. The predicted octanol–water partition coefficient (Wildman–Crippen LogP) is 4.54. The molecule has 1 aromatic carbocycles. The van der Waals surface area contributed by atoms with Gasteiger partial charge in [0.15, 0.2) is 0 Å². The first-order valence-corrected chi connectivity index (χ1v) is 5.72. The van der Waals surface area contributed by atoms with E-state index in [-0.39, 0.29) is 5.92 Å². The number of rotatable bonds is 2. The highest BCUT2D eigenvalue weighted by molar-refractivity contribution is 5.37.